The summed E-state index contributed by atoms with van der Waals surface area (Å²) >= 11 is 5.90. The minimum Gasteiger partial charge on any atom is -0.450 e. The van der Waals surface area contributed by atoms with Crippen molar-refractivity contribution in [3.63, 3.8) is 0 Å². The van der Waals surface area contributed by atoms with E-state index >= 15 is 0 Å². The molecule has 0 fully saturated rings. The zero-order valence-corrected chi connectivity index (χ0v) is 13.3. The molecule has 9 heteroatoms. The number of halogens is 4. The summed E-state index contributed by atoms with van der Waals surface area (Å²) in [4.78, 5) is 23.9. The molecule has 23 heavy (non-hydrogen) atoms. The highest BCUT2D eigenvalue weighted by molar-refractivity contribution is 6.33. The molecule has 0 radical (unpaired) electrons. The van der Waals surface area contributed by atoms with Gasteiger partial charge in [0.15, 0.2) is 0 Å². The van der Waals surface area contributed by atoms with Gasteiger partial charge in [0.1, 0.15) is 0 Å². The van der Waals surface area contributed by atoms with Crippen LogP contribution in [-0.4, -0.2) is 31.7 Å². The van der Waals surface area contributed by atoms with Crippen molar-refractivity contribution >= 4 is 29.3 Å². The third kappa shape index (κ3) is 5.63. The first kappa shape index (κ1) is 19.1. The second kappa shape index (κ2) is 8.05. The molecule has 0 aliphatic carbocycles. The van der Waals surface area contributed by atoms with Crippen LogP contribution in [0, 0.1) is 0 Å². The molecule has 5 nitrogen and oxygen atoms in total. The average molecular weight is 353 g/mol. The SMILES string of the molecule is CCOC(=O)NCCN(C(C)=O)c1cc(C(F)(F)F)ccc1Cl. The van der Waals surface area contributed by atoms with Gasteiger partial charge in [-0.15, -0.1) is 0 Å². The summed E-state index contributed by atoms with van der Waals surface area (Å²) in [6, 6.07) is 2.71. The number of benzene rings is 1. The van der Waals surface area contributed by atoms with E-state index in [0.29, 0.717) is 0 Å². The molecular formula is C14H16ClF3N2O3. The number of carbonyl (C=O) groups is 2. The summed E-state index contributed by atoms with van der Waals surface area (Å²) in [5.74, 6) is -0.503. The van der Waals surface area contributed by atoms with Crippen LogP contribution in [0.2, 0.25) is 5.02 Å². The van der Waals surface area contributed by atoms with Crippen molar-refractivity contribution in [1.29, 1.82) is 0 Å². The first-order chi connectivity index (χ1) is 10.7. The Morgan fingerprint density at radius 2 is 2.00 bits per heavy atom. The number of amides is 2. The van der Waals surface area contributed by atoms with Crippen molar-refractivity contribution in [3.8, 4) is 0 Å². The van der Waals surface area contributed by atoms with Crippen molar-refractivity contribution in [2.75, 3.05) is 24.6 Å². The van der Waals surface area contributed by atoms with Crippen molar-refractivity contribution < 1.29 is 27.5 Å². The Morgan fingerprint density at radius 3 is 2.52 bits per heavy atom. The molecule has 0 aromatic heterocycles. The van der Waals surface area contributed by atoms with Gasteiger partial charge < -0.3 is 15.0 Å². The Bertz CT molecular complexity index is 579. The molecule has 0 heterocycles. The Morgan fingerprint density at radius 1 is 1.35 bits per heavy atom. The van der Waals surface area contributed by atoms with Gasteiger partial charge in [-0.3, -0.25) is 4.79 Å². The van der Waals surface area contributed by atoms with Gasteiger partial charge in [-0.2, -0.15) is 13.2 Å². The molecular weight excluding hydrogens is 337 g/mol. The molecule has 1 aromatic carbocycles. The lowest BCUT2D eigenvalue weighted by atomic mass is 10.1. The molecule has 1 rings (SSSR count). The van der Waals surface area contributed by atoms with Gasteiger partial charge >= 0.3 is 12.3 Å². The molecule has 128 valence electrons. The van der Waals surface area contributed by atoms with Gasteiger partial charge in [0.2, 0.25) is 5.91 Å². The van der Waals surface area contributed by atoms with Crippen molar-refractivity contribution in [1.82, 2.24) is 5.32 Å². The van der Waals surface area contributed by atoms with Gasteiger partial charge in [-0.25, -0.2) is 4.79 Å². The van der Waals surface area contributed by atoms with Crippen LogP contribution in [0.4, 0.5) is 23.7 Å². The van der Waals surface area contributed by atoms with Crippen molar-refractivity contribution in [2.45, 2.75) is 20.0 Å². The summed E-state index contributed by atoms with van der Waals surface area (Å²) in [5.41, 5.74) is -0.985. The van der Waals surface area contributed by atoms with Crippen molar-refractivity contribution in [3.05, 3.63) is 28.8 Å². The number of hydrogen-bond acceptors (Lipinski definition) is 3. The Balaban J connectivity index is 2.93. The predicted molar refractivity (Wildman–Crippen MR) is 79.5 cm³/mol. The maximum atomic E-state index is 12.8. The van der Waals surface area contributed by atoms with Crippen LogP contribution in [0.5, 0.6) is 0 Å². The second-order valence-electron chi connectivity index (χ2n) is 4.48. The molecule has 0 aliphatic rings. The minimum absolute atomic E-state index is 0.00401. The maximum absolute atomic E-state index is 12.8. The smallest absolute Gasteiger partial charge is 0.416 e. The predicted octanol–water partition coefficient (Wildman–Crippen LogP) is 3.46. The number of ether oxygens (including phenoxy) is 1. The molecule has 0 saturated carbocycles. The Kier molecular flexibility index (Phi) is 6.68. The standard InChI is InChI=1S/C14H16ClF3N2O3/c1-3-23-13(22)19-6-7-20(9(2)21)12-8-10(14(16,17)18)4-5-11(12)15/h4-5,8H,3,6-7H2,1-2H3,(H,19,22). The largest absolute Gasteiger partial charge is 0.450 e. The third-order valence-corrected chi connectivity index (χ3v) is 3.14. The highest BCUT2D eigenvalue weighted by atomic mass is 35.5. The summed E-state index contributed by atoms with van der Waals surface area (Å²) < 4.78 is 43.0. The molecule has 0 spiro atoms. The number of alkyl halides is 3. The highest BCUT2D eigenvalue weighted by Crippen LogP contribution is 2.35. The second-order valence-corrected chi connectivity index (χ2v) is 4.89. The fraction of sp³-hybridized carbons (Fsp3) is 0.429. The molecule has 1 N–H and O–H groups in total. The van der Waals surface area contributed by atoms with E-state index in [2.05, 4.69) is 10.1 Å². The van der Waals surface area contributed by atoms with Crippen molar-refractivity contribution in [2.24, 2.45) is 0 Å². The molecule has 1 aromatic rings. The fourth-order valence-corrected chi connectivity index (χ4v) is 2.01. The Labute approximate surface area is 136 Å². The topological polar surface area (TPSA) is 58.6 Å². The van der Waals surface area contributed by atoms with E-state index < -0.39 is 23.7 Å². The molecule has 0 unspecified atom stereocenters. The number of nitrogens with zero attached hydrogens (tertiary/aromatic N) is 1. The maximum Gasteiger partial charge on any atom is 0.416 e. The van der Waals surface area contributed by atoms with Gasteiger partial charge in [0.05, 0.1) is 22.9 Å². The van der Waals surface area contributed by atoms with Gasteiger partial charge in [0.25, 0.3) is 0 Å². The van der Waals surface area contributed by atoms with Crippen LogP contribution in [0.15, 0.2) is 18.2 Å². The number of alkyl carbamates (subject to hydrolysis) is 1. The van der Waals surface area contributed by atoms with Gasteiger partial charge in [-0.05, 0) is 25.1 Å². The summed E-state index contributed by atoms with van der Waals surface area (Å²) in [7, 11) is 0. The zero-order valence-electron chi connectivity index (χ0n) is 12.5. The van der Waals surface area contributed by atoms with E-state index in [1.807, 2.05) is 0 Å². The monoisotopic (exact) mass is 352 g/mol. The molecule has 2 amide bonds. The van der Waals surface area contributed by atoms with Crippen LogP contribution >= 0.6 is 11.6 Å². The van der Waals surface area contributed by atoms with Gasteiger partial charge in [0, 0.05) is 20.0 Å². The van der Waals surface area contributed by atoms with Crippen LogP contribution in [-0.2, 0) is 15.7 Å². The van der Waals surface area contributed by atoms with Crippen LogP contribution in [0.3, 0.4) is 0 Å². The third-order valence-electron chi connectivity index (χ3n) is 2.82. The summed E-state index contributed by atoms with van der Waals surface area (Å²) in [6.45, 7) is 2.96. The number of carbonyl (C=O) groups excluding carboxylic acids is 2. The number of anilines is 1. The highest BCUT2D eigenvalue weighted by Gasteiger charge is 2.31. The van der Waals surface area contributed by atoms with E-state index in [9.17, 15) is 22.8 Å². The zero-order chi connectivity index (χ0) is 17.6. The van der Waals surface area contributed by atoms with Crippen LogP contribution < -0.4 is 10.2 Å². The lowest BCUT2D eigenvalue weighted by Crippen LogP contribution is -2.38. The van der Waals surface area contributed by atoms with Crippen LogP contribution in [0.25, 0.3) is 0 Å². The quantitative estimate of drug-likeness (QED) is 0.883. The number of hydrogen-bond donors (Lipinski definition) is 1. The lowest BCUT2D eigenvalue weighted by Gasteiger charge is -2.23. The first-order valence-electron chi connectivity index (χ1n) is 6.72. The Hall–Kier alpha value is -1.96. The van der Waals surface area contributed by atoms with E-state index in [4.69, 9.17) is 11.6 Å². The lowest BCUT2D eigenvalue weighted by molar-refractivity contribution is -0.137. The molecule has 0 bridgehead atoms. The van der Waals surface area contributed by atoms with Crippen LogP contribution in [0.1, 0.15) is 19.4 Å². The average Bonchev–Trinajstić information content (AvgIpc) is 2.43. The fourth-order valence-electron chi connectivity index (χ4n) is 1.80. The number of nitrogens with one attached hydrogen (secondary N) is 1. The summed E-state index contributed by atoms with van der Waals surface area (Å²) in [5, 5.41) is 2.39. The summed E-state index contributed by atoms with van der Waals surface area (Å²) in [6.07, 6.45) is -5.23. The van der Waals surface area contributed by atoms with E-state index in [-0.39, 0.29) is 30.4 Å². The van der Waals surface area contributed by atoms with Gasteiger partial charge in [-0.1, -0.05) is 11.6 Å². The first-order valence-corrected chi connectivity index (χ1v) is 7.10. The normalized spacial score (nSPS) is 11.0. The van der Waals surface area contributed by atoms with E-state index in [0.717, 1.165) is 23.1 Å². The minimum atomic E-state index is -4.55. The molecule has 0 aliphatic heterocycles. The molecule has 0 atom stereocenters. The molecule has 0 saturated heterocycles. The van der Waals surface area contributed by atoms with E-state index in [1.165, 1.54) is 6.92 Å². The van der Waals surface area contributed by atoms with E-state index in [1.54, 1.807) is 6.92 Å². The number of rotatable bonds is 5.